The number of nitrogens with one attached hydrogen (secondary N) is 1. The summed E-state index contributed by atoms with van der Waals surface area (Å²) >= 11 is 0. The van der Waals surface area contributed by atoms with E-state index in [2.05, 4.69) is 22.4 Å². The van der Waals surface area contributed by atoms with Crippen molar-refractivity contribution in [3.63, 3.8) is 0 Å². The lowest BCUT2D eigenvalue weighted by molar-refractivity contribution is 0.368. The number of nitrogens with zero attached hydrogens (tertiary/aromatic N) is 2. The van der Waals surface area contributed by atoms with Gasteiger partial charge in [0.25, 0.3) is 0 Å². The predicted octanol–water partition coefficient (Wildman–Crippen LogP) is 2.34. The van der Waals surface area contributed by atoms with Crippen LogP contribution in [0, 0.1) is 0 Å². The maximum Gasteiger partial charge on any atom is 0.226 e. The molecule has 1 aromatic heterocycles. The zero-order valence-corrected chi connectivity index (χ0v) is 10.5. The highest BCUT2D eigenvalue weighted by atomic mass is 16.5. The fourth-order valence-electron chi connectivity index (χ4n) is 1.61. The first-order valence-electron chi connectivity index (χ1n) is 6.33. The van der Waals surface area contributed by atoms with Crippen LogP contribution < -0.4 is 5.32 Å². The minimum Gasteiger partial charge on any atom is -0.339 e. The molecule has 0 saturated carbocycles. The Bertz CT molecular complexity index is 273. The Labute approximate surface area is 97.8 Å². The largest absolute Gasteiger partial charge is 0.339 e. The Morgan fingerprint density at radius 1 is 1.12 bits per heavy atom. The Kier molecular flexibility index (Phi) is 6.81. The number of unbranched alkanes of at least 4 members (excludes halogenated alkanes) is 4. The fourth-order valence-corrected chi connectivity index (χ4v) is 1.61. The first-order chi connectivity index (χ1) is 7.86. The van der Waals surface area contributed by atoms with Crippen molar-refractivity contribution in [1.82, 2.24) is 15.5 Å². The molecule has 0 spiro atoms. The Balaban J connectivity index is 2.14. The van der Waals surface area contributed by atoms with Gasteiger partial charge in [0.2, 0.25) is 5.89 Å². The summed E-state index contributed by atoms with van der Waals surface area (Å²) in [6, 6.07) is 0. The van der Waals surface area contributed by atoms with Crippen molar-refractivity contribution < 1.29 is 4.52 Å². The Morgan fingerprint density at radius 2 is 1.94 bits per heavy atom. The quantitative estimate of drug-likeness (QED) is 0.655. The summed E-state index contributed by atoms with van der Waals surface area (Å²) in [7, 11) is 1.93. The van der Waals surface area contributed by atoms with E-state index in [1.165, 1.54) is 25.7 Å². The third kappa shape index (κ3) is 5.26. The molecule has 16 heavy (non-hydrogen) atoms. The van der Waals surface area contributed by atoms with Gasteiger partial charge in [-0.05, 0) is 13.5 Å². The minimum absolute atomic E-state index is 0.794. The smallest absolute Gasteiger partial charge is 0.226 e. The number of hydrogen-bond donors (Lipinski definition) is 1. The molecule has 0 atom stereocenters. The average molecular weight is 225 g/mol. The average Bonchev–Trinajstić information content (AvgIpc) is 2.74. The molecule has 4 heteroatoms. The van der Waals surface area contributed by atoms with Crippen LogP contribution in [0.5, 0.6) is 0 Å². The molecule has 1 rings (SSSR count). The first kappa shape index (κ1) is 13.2. The van der Waals surface area contributed by atoms with Crippen LogP contribution in [0.25, 0.3) is 0 Å². The van der Waals surface area contributed by atoms with Gasteiger partial charge in [0, 0.05) is 19.4 Å². The predicted molar refractivity (Wildman–Crippen MR) is 64.4 cm³/mol. The van der Waals surface area contributed by atoms with E-state index >= 15 is 0 Å². The van der Waals surface area contributed by atoms with Crippen LogP contribution in [0.3, 0.4) is 0 Å². The molecular formula is C12H23N3O. The highest BCUT2D eigenvalue weighted by Gasteiger charge is 2.04. The summed E-state index contributed by atoms with van der Waals surface area (Å²) in [6.45, 7) is 3.13. The summed E-state index contributed by atoms with van der Waals surface area (Å²) < 4.78 is 5.18. The molecule has 1 heterocycles. The molecule has 0 fully saturated rings. The van der Waals surface area contributed by atoms with Gasteiger partial charge in [-0.25, -0.2) is 0 Å². The van der Waals surface area contributed by atoms with Crippen LogP contribution in [0.15, 0.2) is 4.52 Å². The van der Waals surface area contributed by atoms with Gasteiger partial charge in [-0.2, -0.15) is 4.98 Å². The van der Waals surface area contributed by atoms with E-state index in [9.17, 15) is 0 Å². The zero-order chi connectivity index (χ0) is 11.6. The van der Waals surface area contributed by atoms with E-state index in [0.29, 0.717) is 0 Å². The van der Waals surface area contributed by atoms with Crippen molar-refractivity contribution >= 4 is 0 Å². The summed E-state index contributed by atoms with van der Waals surface area (Å²) in [5.41, 5.74) is 0. The molecule has 0 aliphatic carbocycles. The Hall–Kier alpha value is -0.900. The molecule has 4 nitrogen and oxygen atoms in total. The summed E-state index contributed by atoms with van der Waals surface area (Å²) in [5, 5.41) is 7.01. The Morgan fingerprint density at radius 3 is 2.69 bits per heavy atom. The molecule has 92 valence electrons. The standard InChI is InChI=1S/C12H23N3O/c1-3-4-5-6-7-8-12-14-11(15-16-12)9-10-13-2/h13H,3-10H2,1-2H3. The monoisotopic (exact) mass is 225 g/mol. The van der Waals surface area contributed by atoms with Gasteiger partial charge in [-0.1, -0.05) is 37.8 Å². The van der Waals surface area contributed by atoms with Gasteiger partial charge in [-0.3, -0.25) is 0 Å². The molecular weight excluding hydrogens is 202 g/mol. The van der Waals surface area contributed by atoms with Crippen molar-refractivity contribution in [3.8, 4) is 0 Å². The molecule has 0 radical (unpaired) electrons. The zero-order valence-electron chi connectivity index (χ0n) is 10.5. The van der Waals surface area contributed by atoms with Crippen LogP contribution in [-0.4, -0.2) is 23.7 Å². The lowest BCUT2D eigenvalue weighted by atomic mass is 10.1. The van der Waals surface area contributed by atoms with Crippen LogP contribution in [0.4, 0.5) is 0 Å². The van der Waals surface area contributed by atoms with Crippen molar-refractivity contribution in [2.45, 2.75) is 51.9 Å². The van der Waals surface area contributed by atoms with Gasteiger partial charge in [0.05, 0.1) is 0 Å². The number of rotatable bonds is 9. The number of aromatic nitrogens is 2. The van der Waals surface area contributed by atoms with E-state index in [4.69, 9.17) is 4.52 Å². The van der Waals surface area contributed by atoms with Crippen LogP contribution in [-0.2, 0) is 12.8 Å². The molecule has 0 aliphatic heterocycles. The highest BCUT2D eigenvalue weighted by Crippen LogP contribution is 2.07. The van der Waals surface area contributed by atoms with Crippen molar-refractivity contribution in [3.05, 3.63) is 11.7 Å². The first-order valence-corrected chi connectivity index (χ1v) is 6.33. The molecule has 0 saturated heterocycles. The van der Waals surface area contributed by atoms with E-state index in [0.717, 1.165) is 37.5 Å². The number of aryl methyl sites for hydroxylation is 1. The molecule has 0 aromatic carbocycles. The lowest BCUT2D eigenvalue weighted by Gasteiger charge is -1.96. The third-order valence-corrected chi connectivity index (χ3v) is 2.60. The second-order valence-corrected chi connectivity index (χ2v) is 4.12. The van der Waals surface area contributed by atoms with E-state index in [1.807, 2.05) is 7.05 Å². The summed E-state index contributed by atoms with van der Waals surface area (Å²) in [6.07, 6.45) is 8.13. The summed E-state index contributed by atoms with van der Waals surface area (Å²) in [5.74, 6) is 1.61. The van der Waals surface area contributed by atoms with Gasteiger partial charge >= 0.3 is 0 Å². The van der Waals surface area contributed by atoms with Crippen LogP contribution >= 0.6 is 0 Å². The second-order valence-electron chi connectivity index (χ2n) is 4.12. The fraction of sp³-hybridized carbons (Fsp3) is 0.833. The van der Waals surface area contributed by atoms with Crippen LogP contribution in [0.1, 0.15) is 50.7 Å². The van der Waals surface area contributed by atoms with Gasteiger partial charge in [0.1, 0.15) is 0 Å². The number of likely N-dealkylation sites (N-methyl/N-ethyl adjacent to an activating group) is 1. The highest BCUT2D eigenvalue weighted by molar-refractivity contribution is 4.87. The van der Waals surface area contributed by atoms with Gasteiger partial charge in [-0.15, -0.1) is 0 Å². The molecule has 1 aromatic rings. The summed E-state index contributed by atoms with van der Waals surface area (Å²) in [4.78, 5) is 4.35. The van der Waals surface area contributed by atoms with E-state index < -0.39 is 0 Å². The van der Waals surface area contributed by atoms with Gasteiger partial charge in [0.15, 0.2) is 5.82 Å². The van der Waals surface area contributed by atoms with Crippen LogP contribution in [0.2, 0.25) is 0 Å². The van der Waals surface area contributed by atoms with Crippen molar-refractivity contribution in [2.24, 2.45) is 0 Å². The maximum absolute atomic E-state index is 5.18. The minimum atomic E-state index is 0.794. The van der Waals surface area contributed by atoms with Gasteiger partial charge < -0.3 is 9.84 Å². The van der Waals surface area contributed by atoms with E-state index in [1.54, 1.807) is 0 Å². The maximum atomic E-state index is 5.18. The van der Waals surface area contributed by atoms with Crippen molar-refractivity contribution in [2.75, 3.05) is 13.6 Å². The molecule has 0 bridgehead atoms. The molecule has 0 amide bonds. The molecule has 1 N–H and O–H groups in total. The third-order valence-electron chi connectivity index (χ3n) is 2.60. The molecule has 0 aliphatic rings. The molecule has 0 unspecified atom stereocenters. The normalized spacial score (nSPS) is 10.9. The SMILES string of the molecule is CCCCCCCc1nc(CCNC)no1. The topological polar surface area (TPSA) is 51.0 Å². The lowest BCUT2D eigenvalue weighted by Crippen LogP contribution is -2.11. The second kappa shape index (κ2) is 8.28. The number of hydrogen-bond acceptors (Lipinski definition) is 4. The van der Waals surface area contributed by atoms with Crippen molar-refractivity contribution in [1.29, 1.82) is 0 Å². The van der Waals surface area contributed by atoms with E-state index in [-0.39, 0.29) is 0 Å².